The van der Waals surface area contributed by atoms with Gasteiger partial charge in [0.15, 0.2) is 0 Å². The molecule has 1 heterocycles. The van der Waals surface area contributed by atoms with Gasteiger partial charge in [-0.15, -0.1) is 0 Å². The number of carbonyl (C=O) groups is 2. The minimum Gasteiger partial charge on any atom is -0.446 e. The summed E-state index contributed by atoms with van der Waals surface area (Å²) in [5.41, 5.74) is 4.56. The molecule has 1 aliphatic heterocycles. The van der Waals surface area contributed by atoms with Gasteiger partial charge < -0.3 is 24.6 Å². The maximum absolute atomic E-state index is 12.9. The number of likely N-dealkylation sites (tertiary alicyclic amines) is 1. The number of piperidine rings is 1. The summed E-state index contributed by atoms with van der Waals surface area (Å²) in [5.74, 6) is 0.0181. The molecular weight excluding hydrogens is 504 g/mol. The fourth-order valence-corrected chi connectivity index (χ4v) is 4.79. The normalized spacial score (nSPS) is 14.1. The minimum atomic E-state index is -0.427. The molecule has 2 N–H and O–H groups in total. The number of para-hydroxylation sites is 1. The van der Waals surface area contributed by atoms with E-state index in [2.05, 4.69) is 15.5 Å². The van der Waals surface area contributed by atoms with Gasteiger partial charge in [0.1, 0.15) is 6.10 Å². The number of hydrogen-bond acceptors (Lipinski definition) is 6. The second kappa shape index (κ2) is 15.2. The Bertz CT molecular complexity index is 1210. The summed E-state index contributed by atoms with van der Waals surface area (Å²) >= 11 is 0. The lowest BCUT2D eigenvalue weighted by Crippen LogP contribution is -2.42. The Morgan fingerprint density at radius 2 is 1.65 bits per heavy atom. The highest BCUT2D eigenvalue weighted by atomic mass is 16.6. The second-order valence-corrected chi connectivity index (χ2v) is 10.1. The summed E-state index contributed by atoms with van der Waals surface area (Å²) in [5, 5.41) is 6.23. The van der Waals surface area contributed by atoms with Crippen molar-refractivity contribution in [2.24, 2.45) is 0 Å². The first-order valence-electron chi connectivity index (χ1n) is 13.9. The highest BCUT2D eigenvalue weighted by molar-refractivity contribution is 5.94. The molecule has 0 saturated carbocycles. The number of nitrogens with zero attached hydrogens (tertiary/aromatic N) is 2. The van der Waals surface area contributed by atoms with E-state index in [4.69, 9.17) is 9.47 Å². The molecule has 0 unspecified atom stereocenters. The van der Waals surface area contributed by atoms with Crippen molar-refractivity contribution in [3.05, 3.63) is 90.0 Å². The van der Waals surface area contributed by atoms with E-state index < -0.39 is 6.09 Å². The molecule has 0 aliphatic carbocycles. The van der Waals surface area contributed by atoms with Crippen molar-refractivity contribution in [3.63, 3.8) is 0 Å². The third-order valence-electron chi connectivity index (χ3n) is 7.17. The van der Waals surface area contributed by atoms with Gasteiger partial charge in [-0.3, -0.25) is 10.1 Å². The Kier molecular flexibility index (Phi) is 11.1. The maximum atomic E-state index is 12.9. The SMILES string of the molecule is COCCNCc1ccc(C(=O)N(C)CCN2CCC(OC(=O)Nc3ccccc3-c3ccccc3)CC2)cc1. The molecule has 212 valence electrons. The second-order valence-electron chi connectivity index (χ2n) is 10.1. The number of anilines is 1. The van der Waals surface area contributed by atoms with Crippen LogP contribution in [-0.2, 0) is 16.0 Å². The molecule has 2 amide bonds. The van der Waals surface area contributed by atoms with Gasteiger partial charge in [-0.25, -0.2) is 4.79 Å². The molecule has 8 heteroatoms. The molecular formula is C32H40N4O4. The Morgan fingerprint density at radius 1 is 0.950 bits per heavy atom. The van der Waals surface area contributed by atoms with Crippen LogP contribution in [0.1, 0.15) is 28.8 Å². The first kappa shape index (κ1) is 29.3. The quantitative estimate of drug-likeness (QED) is 0.317. The third kappa shape index (κ3) is 8.64. The Morgan fingerprint density at radius 3 is 2.38 bits per heavy atom. The zero-order chi connectivity index (χ0) is 28.2. The molecule has 0 spiro atoms. The monoisotopic (exact) mass is 544 g/mol. The maximum Gasteiger partial charge on any atom is 0.411 e. The van der Waals surface area contributed by atoms with Gasteiger partial charge in [0.25, 0.3) is 5.91 Å². The molecule has 4 rings (SSSR count). The lowest BCUT2D eigenvalue weighted by molar-refractivity contribution is 0.0540. The molecule has 1 aliphatic rings. The average molecular weight is 545 g/mol. The predicted molar refractivity (Wildman–Crippen MR) is 158 cm³/mol. The molecule has 3 aromatic carbocycles. The van der Waals surface area contributed by atoms with E-state index in [9.17, 15) is 9.59 Å². The third-order valence-corrected chi connectivity index (χ3v) is 7.17. The van der Waals surface area contributed by atoms with E-state index in [0.29, 0.717) is 18.7 Å². The Hall–Kier alpha value is -3.72. The summed E-state index contributed by atoms with van der Waals surface area (Å²) in [7, 11) is 3.53. The Balaban J connectivity index is 1.17. The van der Waals surface area contributed by atoms with Crippen LogP contribution in [-0.4, -0.2) is 81.4 Å². The smallest absolute Gasteiger partial charge is 0.411 e. The molecule has 0 radical (unpaired) electrons. The van der Waals surface area contributed by atoms with E-state index in [1.807, 2.05) is 85.9 Å². The highest BCUT2D eigenvalue weighted by Crippen LogP contribution is 2.28. The van der Waals surface area contributed by atoms with Gasteiger partial charge in [-0.05, 0) is 42.2 Å². The van der Waals surface area contributed by atoms with Crippen molar-refractivity contribution < 1.29 is 19.1 Å². The zero-order valence-electron chi connectivity index (χ0n) is 23.5. The fraction of sp³-hybridized carbons (Fsp3) is 0.375. The Labute approximate surface area is 237 Å². The van der Waals surface area contributed by atoms with Crippen molar-refractivity contribution in [2.45, 2.75) is 25.5 Å². The number of nitrogens with one attached hydrogen (secondary N) is 2. The highest BCUT2D eigenvalue weighted by Gasteiger charge is 2.23. The average Bonchev–Trinajstić information content (AvgIpc) is 2.99. The molecule has 0 atom stereocenters. The van der Waals surface area contributed by atoms with Crippen LogP contribution in [0.15, 0.2) is 78.9 Å². The number of benzene rings is 3. The van der Waals surface area contributed by atoms with E-state index in [1.165, 1.54) is 0 Å². The largest absolute Gasteiger partial charge is 0.446 e. The van der Waals surface area contributed by atoms with Gasteiger partial charge in [-0.1, -0.05) is 60.7 Å². The molecule has 0 bridgehead atoms. The van der Waals surface area contributed by atoms with E-state index >= 15 is 0 Å². The van der Waals surface area contributed by atoms with Crippen LogP contribution in [0.2, 0.25) is 0 Å². The number of methoxy groups -OCH3 is 1. The number of amides is 2. The number of carbonyl (C=O) groups excluding carboxylic acids is 2. The molecule has 40 heavy (non-hydrogen) atoms. The van der Waals surface area contributed by atoms with E-state index in [1.54, 1.807) is 12.0 Å². The molecule has 1 fully saturated rings. The lowest BCUT2D eigenvalue weighted by Gasteiger charge is -2.32. The number of ether oxygens (including phenoxy) is 2. The van der Waals surface area contributed by atoms with Crippen molar-refractivity contribution in [2.75, 3.05) is 58.8 Å². The summed E-state index contributed by atoms with van der Waals surface area (Å²) in [4.78, 5) is 29.6. The van der Waals surface area contributed by atoms with Crippen LogP contribution in [0.25, 0.3) is 11.1 Å². The zero-order valence-corrected chi connectivity index (χ0v) is 23.5. The first-order valence-corrected chi connectivity index (χ1v) is 13.9. The summed E-state index contributed by atoms with van der Waals surface area (Å²) in [6, 6.07) is 25.5. The molecule has 1 saturated heterocycles. The molecule has 3 aromatic rings. The number of hydrogen-bond donors (Lipinski definition) is 2. The number of likely N-dealkylation sites (N-methyl/N-ethyl adjacent to an activating group) is 1. The van der Waals surface area contributed by atoms with Gasteiger partial charge in [0.2, 0.25) is 0 Å². The van der Waals surface area contributed by atoms with Crippen molar-refractivity contribution in [1.29, 1.82) is 0 Å². The van der Waals surface area contributed by atoms with Crippen LogP contribution in [0.5, 0.6) is 0 Å². The predicted octanol–water partition coefficient (Wildman–Crippen LogP) is 4.87. The van der Waals surface area contributed by atoms with Gasteiger partial charge in [-0.2, -0.15) is 0 Å². The standard InChI is InChI=1S/C32H40N4O4/c1-35(31(37)27-14-12-25(13-15-27)24-33-18-23-39-2)21-22-36-19-16-28(17-20-36)40-32(38)34-30-11-7-6-10-29(30)26-8-4-3-5-9-26/h3-15,28,33H,16-24H2,1-2H3,(H,34,38). The van der Waals surface area contributed by atoms with Crippen molar-refractivity contribution in [3.8, 4) is 11.1 Å². The minimum absolute atomic E-state index is 0.0181. The topological polar surface area (TPSA) is 83.1 Å². The van der Waals surface area contributed by atoms with Crippen LogP contribution >= 0.6 is 0 Å². The van der Waals surface area contributed by atoms with E-state index in [-0.39, 0.29) is 12.0 Å². The van der Waals surface area contributed by atoms with Crippen molar-refractivity contribution >= 4 is 17.7 Å². The van der Waals surface area contributed by atoms with Crippen LogP contribution in [0.4, 0.5) is 10.5 Å². The summed E-state index contributed by atoms with van der Waals surface area (Å²) < 4.78 is 10.8. The van der Waals surface area contributed by atoms with Gasteiger partial charge in [0, 0.05) is 64.6 Å². The van der Waals surface area contributed by atoms with Crippen molar-refractivity contribution in [1.82, 2.24) is 15.1 Å². The van der Waals surface area contributed by atoms with Gasteiger partial charge in [0.05, 0.1) is 12.3 Å². The first-order chi connectivity index (χ1) is 19.5. The molecule has 0 aromatic heterocycles. The van der Waals surface area contributed by atoms with Crippen LogP contribution in [0, 0.1) is 0 Å². The molecule has 8 nitrogen and oxygen atoms in total. The van der Waals surface area contributed by atoms with E-state index in [0.717, 1.165) is 67.9 Å². The lowest BCUT2D eigenvalue weighted by atomic mass is 10.0. The van der Waals surface area contributed by atoms with Crippen LogP contribution < -0.4 is 10.6 Å². The summed E-state index contributed by atoms with van der Waals surface area (Å²) in [6.45, 7) is 5.28. The van der Waals surface area contributed by atoms with Gasteiger partial charge >= 0.3 is 6.09 Å². The van der Waals surface area contributed by atoms with Crippen LogP contribution in [0.3, 0.4) is 0 Å². The summed E-state index contributed by atoms with van der Waals surface area (Å²) in [6.07, 6.45) is 0.988. The fourth-order valence-electron chi connectivity index (χ4n) is 4.79. The number of rotatable bonds is 12.